The van der Waals surface area contributed by atoms with Gasteiger partial charge in [-0.25, -0.2) is 4.79 Å². The van der Waals surface area contributed by atoms with E-state index in [0.29, 0.717) is 5.56 Å². The van der Waals surface area contributed by atoms with Crippen LogP contribution >= 0.6 is 15.9 Å². The number of imide groups is 1. The number of benzene rings is 3. The second-order valence-corrected chi connectivity index (χ2v) is 7.56. The third-order valence-corrected chi connectivity index (χ3v) is 5.14. The number of ether oxygens (including phenoxy) is 1. The summed E-state index contributed by atoms with van der Waals surface area (Å²) in [5.74, 6) is -1.31. The number of halogens is 1. The number of hydrogen-bond acceptors (Lipinski definition) is 4. The summed E-state index contributed by atoms with van der Waals surface area (Å²) in [7, 11) is 0. The van der Waals surface area contributed by atoms with E-state index in [1.54, 1.807) is 0 Å². The van der Waals surface area contributed by atoms with Gasteiger partial charge in [-0.05, 0) is 41.5 Å². The zero-order chi connectivity index (χ0) is 20.4. The van der Waals surface area contributed by atoms with Crippen LogP contribution in [0.1, 0.15) is 42.2 Å². The van der Waals surface area contributed by atoms with Crippen LogP contribution in [0, 0.1) is 0 Å². The largest absolute Gasteiger partial charge is 0.457 e. The molecule has 3 aromatic carbocycles. The molecule has 0 unspecified atom stereocenters. The van der Waals surface area contributed by atoms with E-state index in [0.717, 1.165) is 15.6 Å². The minimum atomic E-state index is -0.547. The molecule has 0 radical (unpaired) electrons. The minimum Gasteiger partial charge on any atom is -0.457 e. The molecule has 5 nitrogen and oxygen atoms in total. The highest BCUT2D eigenvalue weighted by atomic mass is 79.9. The van der Waals surface area contributed by atoms with E-state index in [-0.39, 0.29) is 30.2 Å². The quantitative estimate of drug-likeness (QED) is 0.421. The number of nitrogens with zero attached hydrogens (tertiary/aromatic N) is 1. The lowest BCUT2D eigenvalue weighted by Crippen LogP contribution is -2.29. The van der Waals surface area contributed by atoms with Gasteiger partial charge in [0.2, 0.25) is 0 Å². The maximum Gasteiger partial charge on any atom is 0.338 e. The van der Waals surface area contributed by atoms with Crippen LogP contribution in [0.2, 0.25) is 0 Å². The Hall–Kier alpha value is -3.25. The van der Waals surface area contributed by atoms with Gasteiger partial charge in [-0.3, -0.25) is 14.5 Å². The lowest BCUT2D eigenvalue weighted by molar-refractivity contribution is 0.0472. The first kappa shape index (κ1) is 19.1. The highest BCUT2D eigenvalue weighted by Crippen LogP contribution is 2.26. The molecular formula is C23H16BrNO4. The molecular weight excluding hydrogens is 434 g/mol. The van der Waals surface area contributed by atoms with Crippen molar-refractivity contribution in [3.8, 4) is 0 Å². The van der Waals surface area contributed by atoms with Crippen molar-refractivity contribution in [1.29, 1.82) is 0 Å². The Morgan fingerprint density at radius 2 is 1.55 bits per heavy atom. The summed E-state index contributed by atoms with van der Waals surface area (Å²) < 4.78 is 6.24. The van der Waals surface area contributed by atoms with E-state index in [1.165, 1.54) is 23.1 Å². The Kier molecular flexibility index (Phi) is 5.27. The van der Waals surface area contributed by atoms with Gasteiger partial charge in [0.1, 0.15) is 6.61 Å². The fourth-order valence-electron chi connectivity index (χ4n) is 3.19. The molecule has 29 heavy (non-hydrogen) atoms. The Bertz CT molecular complexity index is 1110. The molecule has 0 atom stereocenters. The molecule has 3 aromatic rings. The highest BCUT2D eigenvalue weighted by Gasteiger charge is 2.36. The van der Waals surface area contributed by atoms with Crippen molar-refractivity contribution < 1.29 is 19.1 Å². The molecule has 0 fully saturated rings. The molecule has 0 aromatic heterocycles. The summed E-state index contributed by atoms with van der Waals surface area (Å²) in [6.45, 7) is 0.304. The lowest BCUT2D eigenvalue weighted by atomic mass is 10.1. The third kappa shape index (κ3) is 3.98. The molecule has 144 valence electrons. The molecule has 0 saturated heterocycles. The zero-order valence-corrected chi connectivity index (χ0v) is 16.9. The van der Waals surface area contributed by atoms with Crippen LogP contribution < -0.4 is 0 Å². The van der Waals surface area contributed by atoms with Crippen LogP contribution in [0.4, 0.5) is 0 Å². The predicted octanol–water partition coefficient (Wildman–Crippen LogP) is 4.60. The van der Waals surface area contributed by atoms with Crippen molar-refractivity contribution in [2.24, 2.45) is 0 Å². The molecule has 2 amide bonds. The molecule has 1 aliphatic heterocycles. The lowest BCUT2D eigenvalue weighted by Gasteiger charge is -2.13. The number of esters is 1. The van der Waals surface area contributed by atoms with Crippen LogP contribution in [0.5, 0.6) is 0 Å². The maximum absolute atomic E-state index is 12.8. The monoisotopic (exact) mass is 449 g/mol. The van der Waals surface area contributed by atoms with E-state index in [9.17, 15) is 14.4 Å². The van der Waals surface area contributed by atoms with Crippen LogP contribution in [0.15, 0.2) is 77.3 Å². The van der Waals surface area contributed by atoms with Crippen molar-refractivity contribution in [3.05, 3.63) is 105 Å². The summed E-state index contributed by atoms with van der Waals surface area (Å²) in [6.07, 6.45) is 0. The number of carbonyl (C=O) groups is 3. The highest BCUT2D eigenvalue weighted by molar-refractivity contribution is 9.10. The molecule has 0 aliphatic carbocycles. The summed E-state index contributed by atoms with van der Waals surface area (Å²) in [5, 5.41) is 0. The van der Waals surface area contributed by atoms with Crippen LogP contribution in [-0.2, 0) is 17.9 Å². The predicted molar refractivity (Wildman–Crippen MR) is 110 cm³/mol. The van der Waals surface area contributed by atoms with Crippen molar-refractivity contribution in [3.63, 3.8) is 0 Å². The van der Waals surface area contributed by atoms with Gasteiger partial charge < -0.3 is 4.74 Å². The van der Waals surface area contributed by atoms with E-state index in [2.05, 4.69) is 15.9 Å². The Balaban J connectivity index is 1.50. The van der Waals surface area contributed by atoms with Gasteiger partial charge in [-0.15, -0.1) is 0 Å². The molecule has 6 heteroatoms. The topological polar surface area (TPSA) is 63.7 Å². The van der Waals surface area contributed by atoms with Crippen LogP contribution in [0.3, 0.4) is 0 Å². The third-order valence-electron chi connectivity index (χ3n) is 4.65. The average molecular weight is 450 g/mol. The average Bonchev–Trinajstić information content (AvgIpc) is 2.97. The summed E-state index contributed by atoms with van der Waals surface area (Å²) >= 11 is 3.37. The van der Waals surface area contributed by atoms with Crippen LogP contribution in [-0.4, -0.2) is 22.7 Å². The summed E-state index contributed by atoms with van der Waals surface area (Å²) in [4.78, 5) is 39.0. The van der Waals surface area contributed by atoms with Gasteiger partial charge >= 0.3 is 5.97 Å². The van der Waals surface area contributed by atoms with Crippen LogP contribution in [0.25, 0.3) is 0 Å². The van der Waals surface area contributed by atoms with Gasteiger partial charge in [0.25, 0.3) is 11.8 Å². The number of hydrogen-bond donors (Lipinski definition) is 0. The van der Waals surface area contributed by atoms with Gasteiger partial charge in [0.15, 0.2) is 0 Å². The van der Waals surface area contributed by atoms with Gasteiger partial charge in [0, 0.05) is 4.47 Å². The minimum absolute atomic E-state index is 0.113. The van der Waals surface area contributed by atoms with E-state index in [1.807, 2.05) is 54.6 Å². The molecule has 1 aliphatic rings. The van der Waals surface area contributed by atoms with Crippen molar-refractivity contribution >= 4 is 33.7 Å². The second kappa shape index (κ2) is 8.01. The number of carbonyl (C=O) groups excluding carboxylic acids is 3. The molecule has 0 saturated carbocycles. The second-order valence-electron chi connectivity index (χ2n) is 6.65. The fourth-order valence-corrected chi connectivity index (χ4v) is 3.63. The number of fused-ring (bicyclic) bond motifs is 1. The fraction of sp³-hybridized carbons (Fsp3) is 0.0870. The molecule has 0 N–H and O–H groups in total. The molecule has 0 bridgehead atoms. The molecule has 0 spiro atoms. The van der Waals surface area contributed by atoms with Crippen molar-refractivity contribution in [1.82, 2.24) is 4.90 Å². The van der Waals surface area contributed by atoms with Gasteiger partial charge in [-0.1, -0.05) is 58.4 Å². The van der Waals surface area contributed by atoms with Crippen molar-refractivity contribution in [2.75, 3.05) is 0 Å². The standard InChI is InChI=1S/C23H16BrNO4/c24-18-8-4-7-16(11-18)14-29-23(28)17-9-10-19-20(12-17)22(27)25(21(19)26)13-15-5-2-1-3-6-15/h1-12H,13-14H2. The van der Waals surface area contributed by atoms with E-state index >= 15 is 0 Å². The molecule has 4 rings (SSSR count). The summed E-state index contributed by atoms with van der Waals surface area (Å²) in [6, 6.07) is 21.2. The SMILES string of the molecule is O=C(OCc1cccc(Br)c1)c1ccc2c(c1)C(=O)N(Cc1ccccc1)C2=O. The Morgan fingerprint density at radius 1 is 0.828 bits per heavy atom. The van der Waals surface area contributed by atoms with E-state index < -0.39 is 11.9 Å². The Labute approximate surface area is 176 Å². The van der Waals surface area contributed by atoms with E-state index in [4.69, 9.17) is 4.74 Å². The Morgan fingerprint density at radius 3 is 2.31 bits per heavy atom. The first-order valence-corrected chi connectivity index (χ1v) is 9.78. The van der Waals surface area contributed by atoms with Gasteiger partial charge in [-0.2, -0.15) is 0 Å². The molecule has 1 heterocycles. The normalized spacial score (nSPS) is 12.8. The number of rotatable bonds is 5. The first-order chi connectivity index (χ1) is 14.0. The van der Waals surface area contributed by atoms with Crippen molar-refractivity contribution in [2.45, 2.75) is 13.2 Å². The maximum atomic E-state index is 12.8. The first-order valence-electron chi connectivity index (χ1n) is 8.98. The summed E-state index contributed by atoms with van der Waals surface area (Å²) in [5.41, 5.74) is 2.46. The number of amides is 2. The van der Waals surface area contributed by atoms with Gasteiger partial charge in [0.05, 0.1) is 23.2 Å². The smallest absolute Gasteiger partial charge is 0.338 e. The zero-order valence-electron chi connectivity index (χ0n) is 15.3.